The highest BCUT2D eigenvalue weighted by Crippen LogP contribution is 2.67. The van der Waals surface area contributed by atoms with Crippen LogP contribution in [0.5, 0.6) is 5.88 Å². The fourth-order valence-corrected chi connectivity index (χ4v) is 5.28. The highest BCUT2D eigenvalue weighted by atomic mass is 16.7. The molecule has 2 bridgehead atoms. The first-order valence-electron chi connectivity index (χ1n) is 10.0. The Morgan fingerprint density at radius 3 is 2.74 bits per heavy atom. The average Bonchev–Trinajstić information content (AvgIpc) is 3.10. The van der Waals surface area contributed by atoms with Crippen LogP contribution in [0.1, 0.15) is 31.7 Å². The summed E-state index contributed by atoms with van der Waals surface area (Å²) in [4.78, 5) is 40.5. The first-order chi connectivity index (χ1) is 14.9. The molecule has 3 fully saturated rings. The van der Waals surface area contributed by atoms with E-state index >= 15 is 0 Å². The molecule has 0 radical (unpaired) electrons. The topological polar surface area (TPSA) is 117 Å². The Hall–Kier alpha value is -3.82. The number of amides is 1. The molecule has 31 heavy (non-hydrogen) atoms. The Morgan fingerprint density at radius 2 is 1.97 bits per heavy atom. The van der Waals surface area contributed by atoms with Gasteiger partial charge in [-0.05, 0) is 42.7 Å². The predicted octanol–water partition coefficient (Wildman–Crippen LogP) is 1.23. The first kappa shape index (κ1) is 18.0. The van der Waals surface area contributed by atoms with Crippen LogP contribution in [0, 0.1) is 0 Å². The molecule has 1 aromatic carbocycles. The zero-order valence-electron chi connectivity index (χ0n) is 17.0. The van der Waals surface area contributed by atoms with E-state index < -0.39 is 0 Å². The summed E-state index contributed by atoms with van der Waals surface area (Å²) in [6.07, 6.45) is 3.65. The molecule has 3 saturated carbocycles. The number of aryl methyl sites for hydroxylation is 1. The molecule has 1 amide bonds. The van der Waals surface area contributed by atoms with Crippen LogP contribution in [-0.2, 0) is 17.3 Å². The molecule has 4 aromatic rings. The number of fused-ring (bicyclic) bond motifs is 2. The Labute approximate surface area is 175 Å². The van der Waals surface area contributed by atoms with Gasteiger partial charge in [-0.3, -0.25) is 14.2 Å². The maximum absolute atomic E-state index is 13.1. The summed E-state index contributed by atoms with van der Waals surface area (Å²) in [7, 11) is 1.70. The average molecular weight is 417 g/mol. The Balaban J connectivity index is 1.43. The van der Waals surface area contributed by atoms with Crippen molar-refractivity contribution >= 4 is 28.0 Å². The molecular formula is C21H19N7O3. The largest absolute Gasteiger partial charge is 0.351 e. The van der Waals surface area contributed by atoms with Crippen LogP contribution in [-0.4, -0.2) is 41.1 Å². The molecule has 156 valence electrons. The zero-order chi connectivity index (χ0) is 21.4. The molecule has 10 nitrogen and oxygen atoms in total. The fraction of sp³-hybridized carbons (Fsp3) is 0.333. The molecule has 0 saturated heterocycles. The normalized spacial score (nSPS) is 23.9. The van der Waals surface area contributed by atoms with Gasteiger partial charge in [0.25, 0.3) is 11.4 Å². The number of para-hydroxylation sites is 1. The molecule has 3 aliphatic rings. The van der Waals surface area contributed by atoms with Crippen molar-refractivity contribution in [2.45, 2.75) is 37.1 Å². The van der Waals surface area contributed by atoms with Gasteiger partial charge in [0.05, 0.1) is 5.39 Å². The minimum atomic E-state index is -0.224. The van der Waals surface area contributed by atoms with E-state index in [4.69, 9.17) is 4.84 Å². The minimum absolute atomic E-state index is 0.0381. The second-order valence-corrected chi connectivity index (χ2v) is 8.65. The number of hydrogen-bond acceptors (Lipinski definition) is 7. The second-order valence-electron chi connectivity index (χ2n) is 8.65. The van der Waals surface area contributed by atoms with Crippen LogP contribution < -0.4 is 15.7 Å². The number of rotatable bonds is 4. The maximum Gasteiger partial charge on any atom is 0.261 e. The van der Waals surface area contributed by atoms with Crippen molar-refractivity contribution in [3.63, 3.8) is 0 Å². The number of pyridine rings is 1. The van der Waals surface area contributed by atoms with Crippen LogP contribution in [0.25, 0.3) is 22.1 Å². The number of carbonyl (C=O) groups is 1. The molecule has 0 aliphatic heterocycles. The smallest absolute Gasteiger partial charge is 0.261 e. The molecule has 10 heteroatoms. The van der Waals surface area contributed by atoms with Gasteiger partial charge in [0.2, 0.25) is 5.91 Å². The van der Waals surface area contributed by atoms with E-state index in [0.29, 0.717) is 33.5 Å². The van der Waals surface area contributed by atoms with E-state index in [0.717, 1.165) is 19.3 Å². The van der Waals surface area contributed by atoms with Crippen molar-refractivity contribution in [2.75, 3.05) is 0 Å². The van der Waals surface area contributed by atoms with Gasteiger partial charge in [-0.1, -0.05) is 17.0 Å². The van der Waals surface area contributed by atoms with Crippen LogP contribution in [0.15, 0.2) is 41.5 Å². The van der Waals surface area contributed by atoms with E-state index in [9.17, 15) is 9.59 Å². The fourth-order valence-electron chi connectivity index (χ4n) is 5.28. The van der Waals surface area contributed by atoms with Crippen LogP contribution in [0.3, 0.4) is 0 Å². The summed E-state index contributed by atoms with van der Waals surface area (Å²) in [6, 6.07) is 9.28. The second kappa shape index (κ2) is 5.87. The molecule has 3 aromatic heterocycles. The van der Waals surface area contributed by atoms with E-state index in [1.165, 1.54) is 22.7 Å². The van der Waals surface area contributed by atoms with Crippen LogP contribution in [0.2, 0.25) is 0 Å². The van der Waals surface area contributed by atoms with Gasteiger partial charge in [-0.2, -0.15) is 4.98 Å². The molecule has 0 spiro atoms. The Kier molecular flexibility index (Phi) is 3.41. The van der Waals surface area contributed by atoms with E-state index in [-0.39, 0.29) is 22.4 Å². The van der Waals surface area contributed by atoms with Gasteiger partial charge in [0.15, 0.2) is 0 Å². The predicted molar refractivity (Wildman–Crippen MR) is 110 cm³/mol. The van der Waals surface area contributed by atoms with Crippen molar-refractivity contribution in [1.29, 1.82) is 0 Å². The molecule has 3 heterocycles. The quantitative estimate of drug-likeness (QED) is 0.531. The monoisotopic (exact) mass is 417 g/mol. The standard InChI is InChI=1S/C21H19N7O3/c1-12(29)24-21-8-20(9-21,10-21)14-7-13-17(27(2)19(14)30)22-11-23-18(13)31-28-16-6-4-3-5-15(16)25-26-28/h3-7,11H,8-10H2,1-2H3,(H,24,29). The van der Waals surface area contributed by atoms with Crippen molar-refractivity contribution in [3.8, 4) is 5.88 Å². The molecule has 7 rings (SSSR count). The van der Waals surface area contributed by atoms with Crippen molar-refractivity contribution < 1.29 is 9.63 Å². The third-order valence-corrected chi connectivity index (χ3v) is 6.51. The SMILES string of the molecule is CC(=O)NC12CC(c3cc4c(On5nnc6ccccc65)ncnc4n(C)c3=O)(C1)C2. The summed E-state index contributed by atoms with van der Waals surface area (Å²) in [5.41, 5.74) is 2.11. The lowest BCUT2D eigenvalue weighted by Gasteiger charge is -2.70. The molecule has 0 unspecified atom stereocenters. The highest BCUT2D eigenvalue weighted by Gasteiger charge is 2.69. The van der Waals surface area contributed by atoms with Crippen molar-refractivity contribution in [2.24, 2.45) is 7.05 Å². The summed E-state index contributed by atoms with van der Waals surface area (Å²) in [6.45, 7) is 1.52. The number of aromatic nitrogens is 6. The number of benzene rings is 1. The van der Waals surface area contributed by atoms with Crippen molar-refractivity contribution in [3.05, 3.63) is 52.6 Å². The summed E-state index contributed by atoms with van der Waals surface area (Å²) in [5, 5.41) is 11.8. The van der Waals surface area contributed by atoms with Gasteiger partial charge in [-0.15, -0.1) is 5.10 Å². The van der Waals surface area contributed by atoms with E-state index in [1.54, 1.807) is 7.05 Å². The number of nitrogens with one attached hydrogen (secondary N) is 1. The Morgan fingerprint density at radius 1 is 1.19 bits per heavy atom. The van der Waals surface area contributed by atoms with Gasteiger partial charge in [0.1, 0.15) is 23.0 Å². The number of hydrogen-bond donors (Lipinski definition) is 1. The lowest BCUT2D eigenvalue weighted by Crippen LogP contribution is -2.77. The third-order valence-electron chi connectivity index (χ3n) is 6.51. The third kappa shape index (κ3) is 2.44. The van der Waals surface area contributed by atoms with Gasteiger partial charge >= 0.3 is 0 Å². The van der Waals surface area contributed by atoms with Gasteiger partial charge in [-0.25, -0.2) is 4.98 Å². The lowest BCUT2D eigenvalue weighted by atomic mass is 9.37. The lowest BCUT2D eigenvalue weighted by molar-refractivity contribution is -0.136. The zero-order valence-corrected chi connectivity index (χ0v) is 17.0. The van der Waals surface area contributed by atoms with E-state index in [2.05, 4.69) is 25.6 Å². The summed E-state index contributed by atoms with van der Waals surface area (Å²) >= 11 is 0. The van der Waals surface area contributed by atoms with Crippen LogP contribution in [0.4, 0.5) is 0 Å². The van der Waals surface area contributed by atoms with E-state index in [1.807, 2.05) is 30.3 Å². The number of carbonyl (C=O) groups excluding carboxylic acids is 1. The maximum atomic E-state index is 13.1. The van der Waals surface area contributed by atoms with Gasteiger partial charge in [0, 0.05) is 30.5 Å². The summed E-state index contributed by atoms with van der Waals surface area (Å²) in [5.74, 6) is 0.254. The summed E-state index contributed by atoms with van der Waals surface area (Å²) < 4.78 is 1.53. The van der Waals surface area contributed by atoms with Gasteiger partial charge < -0.3 is 10.2 Å². The van der Waals surface area contributed by atoms with Crippen molar-refractivity contribution in [1.82, 2.24) is 35.0 Å². The van der Waals surface area contributed by atoms with Crippen LogP contribution >= 0.6 is 0 Å². The first-order valence-corrected chi connectivity index (χ1v) is 10.0. The Bertz CT molecular complexity index is 1430. The highest BCUT2D eigenvalue weighted by molar-refractivity contribution is 5.82. The molecule has 0 atom stereocenters. The molecule has 1 N–H and O–H groups in total. The molecule has 3 aliphatic carbocycles. The number of nitrogens with zero attached hydrogens (tertiary/aromatic N) is 6. The molecular weight excluding hydrogens is 398 g/mol. The minimum Gasteiger partial charge on any atom is -0.351 e.